The third-order valence-corrected chi connectivity index (χ3v) is 3.79. The molecule has 5 heteroatoms. The van der Waals surface area contributed by atoms with E-state index in [1.807, 2.05) is 45.0 Å². The third kappa shape index (κ3) is 3.27. The van der Waals surface area contributed by atoms with E-state index in [4.69, 9.17) is 16.3 Å². The van der Waals surface area contributed by atoms with Gasteiger partial charge in [-0.05, 0) is 24.6 Å². The summed E-state index contributed by atoms with van der Waals surface area (Å²) in [7, 11) is 1.63. The van der Waals surface area contributed by atoms with Gasteiger partial charge < -0.3 is 9.30 Å². The summed E-state index contributed by atoms with van der Waals surface area (Å²) < 4.78 is 6.81. The highest BCUT2D eigenvalue weighted by Gasteiger charge is 2.15. The summed E-state index contributed by atoms with van der Waals surface area (Å²) in [6.45, 7) is 6.15. The van der Waals surface area contributed by atoms with Gasteiger partial charge in [0.15, 0.2) is 0 Å². The zero-order valence-electron chi connectivity index (χ0n) is 12.7. The SMILES string of the molecule is COc1ccc(Cn2c(C)c(Cl)nc(C(C)C)c2=O)cc1. The third-order valence-electron chi connectivity index (χ3n) is 3.43. The average molecular weight is 307 g/mol. The molecule has 0 atom stereocenters. The van der Waals surface area contributed by atoms with Crippen LogP contribution in [0.5, 0.6) is 5.75 Å². The smallest absolute Gasteiger partial charge is 0.273 e. The lowest BCUT2D eigenvalue weighted by Crippen LogP contribution is -2.28. The lowest BCUT2D eigenvalue weighted by molar-refractivity contribution is 0.414. The predicted molar refractivity (Wildman–Crippen MR) is 84.4 cm³/mol. The molecule has 2 aromatic rings. The highest BCUT2D eigenvalue weighted by molar-refractivity contribution is 6.30. The van der Waals surface area contributed by atoms with Crippen LogP contribution in [0.3, 0.4) is 0 Å². The van der Waals surface area contributed by atoms with Crippen LogP contribution in [0.4, 0.5) is 0 Å². The molecule has 0 radical (unpaired) electrons. The van der Waals surface area contributed by atoms with E-state index in [1.54, 1.807) is 11.7 Å². The van der Waals surface area contributed by atoms with Gasteiger partial charge in [0.2, 0.25) is 0 Å². The molecule has 2 rings (SSSR count). The van der Waals surface area contributed by atoms with Crippen LogP contribution in [0.25, 0.3) is 0 Å². The van der Waals surface area contributed by atoms with Crippen molar-refractivity contribution in [2.45, 2.75) is 33.2 Å². The number of aromatic nitrogens is 2. The summed E-state index contributed by atoms with van der Waals surface area (Å²) in [4.78, 5) is 16.7. The molecular formula is C16H19ClN2O2. The Labute approximate surface area is 129 Å². The van der Waals surface area contributed by atoms with E-state index in [0.29, 0.717) is 23.1 Å². The summed E-state index contributed by atoms with van der Waals surface area (Å²) in [5.41, 5.74) is 2.11. The Balaban J connectivity index is 2.45. The van der Waals surface area contributed by atoms with Gasteiger partial charge in [-0.1, -0.05) is 37.6 Å². The average Bonchev–Trinajstić information content (AvgIpc) is 2.47. The monoisotopic (exact) mass is 306 g/mol. The first-order valence-electron chi connectivity index (χ1n) is 6.83. The van der Waals surface area contributed by atoms with Gasteiger partial charge in [-0.25, -0.2) is 4.98 Å². The fraction of sp³-hybridized carbons (Fsp3) is 0.375. The second kappa shape index (κ2) is 6.31. The molecule has 0 fully saturated rings. The zero-order valence-corrected chi connectivity index (χ0v) is 13.4. The van der Waals surface area contributed by atoms with Crippen LogP contribution < -0.4 is 10.3 Å². The summed E-state index contributed by atoms with van der Waals surface area (Å²) in [5, 5.41) is 0.381. The molecule has 1 aromatic heterocycles. The number of halogens is 1. The van der Waals surface area contributed by atoms with E-state index in [-0.39, 0.29) is 11.5 Å². The van der Waals surface area contributed by atoms with Crippen molar-refractivity contribution >= 4 is 11.6 Å². The fourth-order valence-electron chi connectivity index (χ4n) is 2.12. The van der Waals surface area contributed by atoms with Crippen LogP contribution >= 0.6 is 11.6 Å². The van der Waals surface area contributed by atoms with Gasteiger partial charge in [0.1, 0.15) is 16.6 Å². The topological polar surface area (TPSA) is 44.1 Å². The molecule has 0 aliphatic rings. The molecule has 0 bridgehead atoms. The minimum Gasteiger partial charge on any atom is -0.497 e. The Kier molecular flexibility index (Phi) is 4.68. The molecule has 0 saturated carbocycles. The van der Waals surface area contributed by atoms with E-state index in [0.717, 1.165) is 11.3 Å². The Morgan fingerprint density at radius 1 is 1.29 bits per heavy atom. The number of hydrogen-bond acceptors (Lipinski definition) is 3. The maximum absolute atomic E-state index is 12.5. The van der Waals surface area contributed by atoms with Gasteiger partial charge in [0, 0.05) is 5.92 Å². The Hall–Kier alpha value is -1.81. The summed E-state index contributed by atoms with van der Waals surface area (Å²) >= 11 is 6.16. The van der Waals surface area contributed by atoms with Crippen molar-refractivity contribution in [2.75, 3.05) is 7.11 Å². The molecule has 0 saturated heterocycles. The highest BCUT2D eigenvalue weighted by atomic mass is 35.5. The van der Waals surface area contributed by atoms with E-state index in [9.17, 15) is 4.79 Å². The molecule has 1 heterocycles. The van der Waals surface area contributed by atoms with Crippen LogP contribution in [0.15, 0.2) is 29.1 Å². The van der Waals surface area contributed by atoms with Gasteiger partial charge in [0.25, 0.3) is 5.56 Å². The van der Waals surface area contributed by atoms with E-state index in [2.05, 4.69) is 4.98 Å². The van der Waals surface area contributed by atoms with Crippen molar-refractivity contribution in [1.82, 2.24) is 9.55 Å². The van der Waals surface area contributed by atoms with Gasteiger partial charge in [0.05, 0.1) is 19.3 Å². The molecule has 21 heavy (non-hydrogen) atoms. The molecule has 0 aliphatic heterocycles. The van der Waals surface area contributed by atoms with Crippen molar-refractivity contribution in [1.29, 1.82) is 0 Å². The summed E-state index contributed by atoms with van der Waals surface area (Å²) in [6, 6.07) is 7.63. The Morgan fingerprint density at radius 3 is 2.43 bits per heavy atom. The first-order chi connectivity index (χ1) is 9.93. The molecule has 0 N–H and O–H groups in total. The molecule has 0 aliphatic carbocycles. The van der Waals surface area contributed by atoms with E-state index < -0.39 is 0 Å². The minimum absolute atomic E-state index is 0.0396. The van der Waals surface area contributed by atoms with Crippen LogP contribution in [0.2, 0.25) is 5.15 Å². The van der Waals surface area contributed by atoms with Crippen molar-refractivity contribution < 1.29 is 4.74 Å². The molecule has 1 aromatic carbocycles. The van der Waals surface area contributed by atoms with Crippen molar-refractivity contribution in [3.05, 3.63) is 56.7 Å². The first-order valence-corrected chi connectivity index (χ1v) is 7.21. The second-order valence-electron chi connectivity index (χ2n) is 5.27. The normalized spacial score (nSPS) is 11.0. The number of methoxy groups -OCH3 is 1. The standard InChI is InChI=1S/C16H19ClN2O2/c1-10(2)14-16(20)19(11(3)15(17)18-14)9-12-5-7-13(21-4)8-6-12/h5-8,10H,9H2,1-4H3. The maximum Gasteiger partial charge on any atom is 0.273 e. The summed E-state index contributed by atoms with van der Waals surface area (Å²) in [5.74, 6) is 0.830. The quantitative estimate of drug-likeness (QED) is 0.869. The highest BCUT2D eigenvalue weighted by Crippen LogP contribution is 2.17. The second-order valence-corrected chi connectivity index (χ2v) is 5.63. The number of hydrogen-bond donors (Lipinski definition) is 0. The van der Waals surface area contributed by atoms with Crippen LogP contribution in [-0.4, -0.2) is 16.7 Å². The fourth-order valence-corrected chi connectivity index (χ4v) is 2.31. The summed E-state index contributed by atoms with van der Waals surface area (Å²) in [6.07, 6.45) is 0. The van der Waals surface area contributed by atoms with Gasteiger partial charge in [-0.15, -0.1) is 0 Å². The van der Waals surface area contributed by atoms with Gasteiger partial charge >= 0.3 is 0 Å². The number of rotatable bonds is 4. The van der Waals surface area contributed by atoms with E-state index in [1.165, 1.54) is 0 Å². The molecule has 0 spiro atoms. The Morgan fingerprint density at radius 2 is 1.90 bits per heavy atom. The van der Waals surface area contributed by atoms with Crippen molar-refractivity contribution in [3.63, 3.8) is 0 Å². The van der Waals surface area contributed by atoms with Crippen LogP contribution in [0.1, 0.15) is 36.7 Å². The first kappa shape index (κ1) is 15.6. The van der Waals surface area contributed by atoms with Gasteiger partial charge in [-0.3, -0.25) is 4.79 Å². The van der Waals surface area contributed by atoms with Gasteiger partial charge in [-0.2, -0.15) is 0 Å². The lowest BCUT2D eigenvalue weighted by atomic mass is 10.1. The van der Waals surface area contributed by atoms with Crippen molar-refractivity contribution in [3.8, 4) is 5.75 Å². The largest absolute Gasteiger partial charge is 0.497 e. The molecular weight excluding hydrogens is 288 g/mol. The van der Waals surface area contributed by atoms with E-state index >= 15 is 0 Å². The molecule has 0 amide bonds. The van der Waals surface area contributed by atoms with Crippen molar-refractivity contribution in [2.24, 2.45) is 0 Å². The number of ether oxygens (including phenoxy) is 1. The van der Waals surface area contributed by atoms with Crippen LogP contribution in [-0.2, 0) is 6.54 Å². The zero-order chi connectivity index (χ0) is 15.6. The minimum atomic E-state index is -0.0808. The molecule has 112 valence electrons. The number of nitrogens with zero attached hydrogens (tertiary/aromatic N) is 2. The predicted octanol–water partition coefficient (Wildman–Crippen LogP) is 3.39. The molecule has 4 nitrogen and oxygen atoms in total. The van der Waals surface area contributed by atoms with Crippen LogP contribution in [0, 0.1) is 6.92 Å². The number of benzene rings is 1. The maximum atomic E-state index is 12.5. The Bertz CT molecular complexity index is 691. The molecule has 0 unspecified atom stereocenters. The lowest BCUT2D eigenvalue weighted by Gasteiger charge is -2.14.